The number of nitrogens with zero attached hydrogens (tertiary/aromatic N) is 3. The molecule has 0 spiro atoms. The van der Waals surface area contributed by atoms with Gasteiger partial charge in [0, 0.05) is 23.4 Å². The molecule has 33 heavy (non-hydrogen) atoms. The highest BCUT2D eigenvalue weighted by molar-refractivity contribution is 5.91. The van der Waals surface area contributed by atoms with Crippen molar-refractivity contribution in [2.45, 2.75) is 39.5 Å². The minimum atomic E-state index is 0.313. The molecule has 2 N–H and O–H groups in total. The fourth-order valence-corrected chi connectivity index (χ4v) is 4.36. The van der Waals surface area contributed by atoms with Gasteiger partial charge < -0.3 is 5.73 Å². The number of rotatable bonds is 6. The topological polar surface area (TPSA) is 75.1 Å². The summed E-state index contributed by atoms with van der Waals surface area (Å²) in [4.78, 5) is 9.71. The second kappa shape index (κ2) is 10.4. The summed E-state index contributed by atoms with van der Waals surface area (Å²) in [7, 11) is 0. The van der Waals surface area contributed by atoms with Crippen LogP contribution in [-0.4, -0.2) is 17.2 Å². The Morgan fingerprint density at radius 2 is 1.88 bits per heavy atom. The minimum absolute atomic E-state index is 0.313. The maximum absolute atomic E-state index is 9.49. The molecule has 166 valence electrons. The van der Waals surface area contributed by atoms with E-state index in [1.807, 2.05) is 24.4 Å². The Bertz CT molecular complexity index is 1210. The third-order valence-electron chi connectivity index (χ3n) is 6.32. The third-order valence-corrected chi connectivity index (χ3v) is 6.32. The van der Waals surface area contributed by atoms with Crippen molar-refractivity contribution in [1.82, 2.24) is 4.98 Å². The average Bonchev–Trinajstić information content (AvgIpc) is 3.01. The number of nitrogens with two attached hydrogens (primary N) is 1. The van der Waals surface area contributed by atoms with Crippen LogP contribution >= 0.6 is 0 Å². The van der Waals surface area contributed by atoms with Crippen molar-refractivity contribution in [3.63, 3.8) is 0 Å². The number of nitriles is 1. The lowest BCUT2D eigenvalue weighted by Gasteiger charge is -2.18. The van der Waals surface area contributed by atoms with Crippen LogP contribution in [0.5, 0.6) is 0 Å². The van der Waals surface area contributed by atoms with Crippen molar-refractivity contribution in [2.75, 3.05) is 6.54 Å². The van der Waals surface area contributed by atoms with Crippen molar-refractivity contribution < 1.29 is 0 Å². The highest BCUT2D eigenvalue weighted by Crippen LogP contribution is 2.30. The molecule has 4 heteroatoms. The van der Waals surface area contributed by atoms with Crippen molar-refractivity contribution in [1.29, 1.82) is 5.26 Å². The molecule has 1 aromatic heterocycles. The Labute approximate surface area is 196 Å². The Morgan fingerprint density at radius 1 is 1.06 bits per heavy atom. The summed E-state index contributed by atoms with van der Waals surface area (Å²) in [6, 6.07) is 20.9. The minimum Gasteiger partial charge on any atom is -0.330 e. The van der Waals surface area contributed by atoms with Gasteiger partial charge in [-0.3, -0.25) is 9.98 Å². The van der Waals surface area contributed by atoms with E-state index in [4.69, 9.17) is 15.7 Å². The van der Waals surface area contributed by atoms with Crippen LogP contribution in [0.3, 0.4) is 0 Å². The predicted molar refractivity (Wildman–Crippen MR) is 136 cm³/mol. The van der Waals surface area contributed by atoms with Crippen LogP contribution in [0.15, 0.2) is 71.9 Å². The summed E-state index contributed by atoms with van der Waals surface area (Å²) in [5.41, 5.74) is 15.2. The van der Waals surface area contributed by atoms with Gasteiger partial charge in [-0.2, -0.15) is 5.26 Å². The molecule has 2 aromatic carbocycles. The second-order valence-corrected chi connectivity index (χ2v) is 8.76. The molecule has 0 fully saturated rings. The Balaban J connectivity index is 1.62. The van der Waals surface area contributed by atoms with Crippen LogP contribution in [0, 0.1) is 24.2 Å². The van der Waals surface area contributed by atoms with Crippen molar-refractivity contribution in [3.8, 4) is 17.3 Å². The smallest absolute Gasteiger partial charge is 0.0991 e. The quantitative estimate of drug-likeness (QED) is 0.526. The molecule has 0 saturated carbocycles. The lowest BCUT2D eigenvalue weighted by molar-refractivity contribution is 0.632. The van der Waals surface area contributed by atoms with Gasteiger partial charge in [0.1, 0.15) is 0 Å². The van der Waals surface area contributed by atoms with Crippen molar-refractivity contribution in [2.24, 2.45) is 16.6 Å². The molecule has 1 unspecified atom stereocenters. The Hall–Kier alpha value is -3.55. The van der Waals surface area contributed by atoms with Crippen LogP contribution in [0.4, 0.5) is 0 Å². The molecular formula is C29H30N4. The molecule has 0 saturated heterocycles. The van der Waals surface area contributed by atoms with E-state index in [-0.39, 0.29) is 0 Å². The zero-order valence-electron chi connectivity index (χ0n) is 19.4. The maximum atomic E-state index is 9.49. The van der Waals surface area contributed by atoms with Gasteiger partial charge in [-0.1, -0.05) is 48.0 Å². The van der Waals surface area contributed by atoms with E-state index >= 15 is 0 Å². The molecule has 2 heterocycles. The van der Waals surface area contributed by atoms with Crippen LogP contribution in [0.2, 0.25) is 0 Å². The van der Waals surface area contributed by atoms with Gasteiger partial charge in [-0.15, -0.1) is 0 Å². The maximum Gasteiger partial charge on any atom is 0.0991 e. The van der Waals surface area contributed by atoms with E-state index in [1.165, 1.54) is 5.56 Å². The van der Waals surface area contributed by atoms with E-state index in [9.17, 15) is 5.26 Å². The molecule has 0 amide bonds. The fraction of sp³-hybridized carbons (Fsp3) is 0.276. The van der Waals surface area contributed by atoms with Gasteiger partial charge in [0.15, 0.2) is 0 Å². The summed E-state index contributed by atoms with van der Waals surface area (Å²) >= 11 is 0. The number of allylic oxidation sites excluding steroid dienone is 1. The molecule has 1 aliphatic rings. The van der Waals surface area contributed by atoms with E-state index < -0.39 is 0 Å². The Morgan fingerprint density at radius 3 is 2.58 bits per heavy atom. The van der Waals surface area contributed by atoms with Crippen LogP contribution in [0.25, 0.3) is 17.0 Å². The van der Waals surface area contributed by atoms with Gasteiger partial charge in [-0.05, 0) is 81.0 Å². The first-order chi connectivity index (χ1) is 16.1. The number of hydrogen-bond donors (Lipinski definition) is 1. The van der Waals surface area contributed by atoms with E-state index in [0.29, 0.717) is 18.0 Å². The molecule has 1 aliphatic heterocycles. The van der Waals surface area contributed by atoms with E-state index in [0.717, 1.165) is 65.0 Å². The van der Waals surface area contributed by atoms with Crippen LogP contribution < -0.4 is 5.73 Å². The predicted octanol–water partition coefficient (Wildman–Crippen LogP) is 5.88. The third kappa shape index (κ3) is 5.45. The molecule has 0 bridgehead atoms. The molecule has 4 rings (SSSR count). The first kappa shape index (κ1) is 22.6. The summed E-state index contributed by atoms with van der Waals surface area (Å²) in [6.45, 7) is 4.84. The molecular weight excluding hydrogens is 404 g/mol. The number of hydrogen-bond acceptors (Lipinski definition) is 4. The first-order valence-corrected chi connectivity index (χ1v) is 11.6. The van der Waals surface area contributed by atoms with Crippen molar-refractivity contribution >= 4 is 11.4 Å². The Kier molecular flexibility index (Phi) is 7.12. The van der Waals surface area contributed by atoms with E-state index in [2.05, 4.69) is 62.4 Å². The normalized spacial score (nSPS) is 15.9. The van der Waals surface area contributed by atoms with Gasteiger partial charge in [0.25, 0.3) is 0 Å². The van der Waals surface area contributed by atoms with Gasteiger partial charge in [-0.25, -0.2) is 0 Å². The number of aromatic nitrogens is 1. The lowest BCUT2D eigenvalue weighted by atomic mass is 9.87. The second-order valence-electron chi connectivity index (χ2n) is 8.76. The number of pyridine rings is 1. The van der Waals surface area contributed by atoms with Gasteiger partial charge in [0.2, 0.25) is 0 Å². The molecule has 4 nitrogen and oxygen atoms in total. The summed E-state index contributed by atoms with van der Waals surface area (Å²) < 4.78 is 0. The van der Waals surface area contributed by atoms with Gasteiger partial charge in [0.05, 0.1) is 23.0 Å². The monoisotopic (exact) mass is 434 g/mol. The van der Waals surface area contributed by atoms with Crippen LogP contribution in [-0.2, 0) is 12.8 Å². The first-order valence-electron chi connectivity index (χ1n) is 11.6. The number of benzene rings is 2. The molecule has 3 aromatic rings. The highest BCUT2D eigenvalue weighted by atomic mass is 14.8. The SMILES string of the molecule is CC1=NC(c2ccc(C)cc2)=CCCC1Cc1cc(C#N)ccc1-c1ccc(CCN)cn1. The van der Waals surface area contributed by atoms with Crippen molar-refractivity contribution in [3.05, 3.63) is 94.7 Å². The average molecular weight is 435 g/mol. The van der Waals surface area contributed by atoms with E-state index in [1.54, 1.807) is 0 Å². The summed E-state index contributed by atoms with van der Waals surface area (Å²) in [5, 5.41) is 9.49. The number of aryl methyl sites for hydroxylation is 1. The highest BCUT2D eigenvalue weighted by Gasteiger charge is 2.19. The van der Waals surface area contributed by atoms with Crippen LogP contribution in [0.1, 0.15) is 47.6 Å². The largest absolute Gasteiger partial charge is 0.330 e. The lowest BCUT2D eigenvalue weighted by Crippen LogP contribution is -2.14. The standard InChI is InChI=1S/C29H30N4/c1-20-6-10-24(11-7-20)28-5-3-4-25(21(2)33-28)17-26-16-23(18-31)8-12-27(26)29-13-9-22(14-15-30)19-32-29/h5-13,16,19,25H,3-4,14-15,17,30H2,1-2H3. The zero-order chi connectivity index (χ0) is 23.2. The summed E-state index contributed by atoms with van der Waals surface area (Å²) in [6.07, 6.45) is 7.82. The molecule has 0 aliphatic carbocycles. The zero-order valence-corrected chi connectivity index (χ0v) is 19.4. The number of aliphatic imine (C=N–C) groups is 1. The fourth-order valence-electron chi connectivity index (χ4n) is 4.36. The summed E-state index contributed by atoms with van der Waals surface area (Å²) in [5.74, 6) is 0.313. The van der Waals surface area contributed by atoms with Gasteiger partial charge >= 0.3 is 0 Å². The molecule has 0 radical (unpaired) electrons. The molecule has 1 atom stereocenters.